The van der Waals surface area contributed by atoms with Gasteiger partial charge in [0.25, 0.3) is 0 Å². The number of ether oxygens (including phenoxy) is 1. The third-order valence-corrected chi connectivity index (χ3v) is 2.76. The van der Waals surface area contributed by atoms with Gasteiger partial charge in [0.15, 0.2) is 0 Å². The van der Waals surface area contributed by atoms with Crippen molar-refractivity contribution in [3.63, 3.8) is 0 Å². The van der Waals surface area contributed by atoms with E-state index in [0.29, 0.717) is 5.88 Å². The van der Waals surface area contributed by atoms with Crippen LogP contribution in [0.1, 0.15) is 37.3 Å². The number of halogens is 1. The lowest BCUT2D eigenvalue weighted by molar-refractivity contribution is 0.306. The molecule has 0 aromatic heterocycles. The molecule has 0 atom stereocenters. The molecule has 1 nitrogen and oxygen atoms in total. The molecule has 0 saturated carbocycles. The van der Waals surface area contributed by atoms with E-state index in [9.17, 15) is 0 Å². The third kappa shape index (κ3) is 4.13. The molecule has 84 valence electrons. The fourth-order valence-electron chi connectivity index (χ4n) is 1.45. The first kappa shape index (κ1) is 12.4. The van der Waals surface area contributed by atoms with Crippen molar-refractivity contribution in [3.05, 3.63) is 29.3 Å². The monoisotopic (exact) mass is 226 g/mol. The molecule has 0 aliphatic heterocycles. The molecule has 1 rings (SSSR count). The molecule has 0 aliphatic rings. The average Bonchev–Trinajstić information content (AvgIpc) is 2.25. The van der Waals surface area contributed by atoms with Crippen molar-refractivity contribution in [3.8, 4) is 5.75 Å². The molecule has 0 fully saturated rings. The molecule has 0 radical (unpaired) electrons. The van der Waals surface area contributed by atoms with Gasteiger partial charge in [0.05, 0.1) is 6.61 Å². The highest BCUT2D eigenvalue weighted by Gasteiger charge is 1.99. The minimum absolute atomic E-state index is 0.571. The SMILES string of the molecule is CCCCCOc1ccc(CCl)c(C)c1. The summed E-state index contributed by atoms with van der Waals surface area (Å²) in [6.07, 6.45) is 3.60. The van der Waals surface area contributed by atoms with Crippen molar-refractivity contribution in [1.82, 2.24) is 0 Å². The minimum atomic E-state index is 0.571. The smallest absolute Gasteiger partial charge is 0.119 e. The summed E-state index contributed by atoms with van der Waals surface area (Å²) in [5.74, 6) is 1.53. The second-order valence-electron chi connectivity index (χ2n) is 3.78. The molecule has 0 amide bonds. The zero-order valence-corrected chi connectivity index (χ0v) is 10.3. The van der Waals surface area contributed by atoms with Gasteiger partial charge in [-0.1, -0.05) is 25.8 Å². The number of unbranched alkanes of at least 4 members (excludes halogenated alkanes) is 2. The van der Waals surface area contributed by atoms with Crippen LogP contribution >= 0.6 is 11.6 Å². The molecule has 0 heterocycles. The number of hydrogen-bond donors (Lipinski definition) is 0. The molecular weight excluding hydrogens is 208 g/mol. The van der Waals surface area contributed by atoms with Crippen LogP contribution in [0.4, 0.5) is 0 Å². The first-order chi connectivity index (χ1) is 7.27. The molecule has 0 bridgehead atoms. The Labute approximate surface area is 97.4 Å². The molecular formula is C13H19ClO. The summed E-state index contributed by atoms with van der Waals surface area (Å²) in [7, 11) is 0. The first-order valence-corrected chi connectivity index (χ1v) is 6.09. The van der Waals surface area contributed by atoms with E-state index < -0.39 is 0 Å². The summed E-state index contributed by atoms with van der Waals surface area (Å²) in [4.78, 5) is 0. The van der Waals surface area contributed by atoms with Crippen molar-refractivity contribution in [2.24, 2.45) is 0 Å². The third-order valence-electron chi connectivity index (χ3n) is 2.47. The largest absolute Gasteiger partial charge is 0.494 e. The number of alkyl halides is 1. The molecule has 0 aliphatic carbocycles. The van der Waals surface area contributed by atoms with Crippen LogP contribution in [0.3, 0.4) is 0 Å². The van der Waals surface area contributed by atoms with Crippen LogP contribution in [0, 0.1) is 6.92 Å². The number of benzene rings is 1. The van der Waals surface area contributed by atoms with Gasteiger partial charge < -0.3 is 4.74 Å². The van der Waals surface area contributed by atoms with Gasteiger partial charge >= 0.3 is 0 Å². The molecule has 1 aromatic rings. The molecule has 0 N–H and O–H groups in total. The van der Waals surface area contributed by atoms with Gasteiger partial charge in [0.1, 0.15) is 5.75 Å². The van der Waals surface area contributed by atoms with E-state index in [-0.39, 0.29) is 0 Å². The van der Waals surface area contributed by atoms with Crippen LogP contribution < -0.4 is 4.74 Å². The van der Waals surface area contributed by atoms with Crippen LogP contribution in [-0.4, -0.2) is 6.61 Å². The lowest BCUT2D eigenvalue weighted by Crippen LogP contribution is -1.97. The quantitative estimate of drug-likeness (QED) is 0.519. The lowest BCUT2D eigenvalue weighted by Gasteiger charge is -2.08. The van der Waals surface area contributed by atoms with Crippen LogP contribution in [0.25, 0.3) is 0 Å². The Morgan fingerprint density at radius 1 is 1.27 bits per heavy atom. The van der Waals surface area contributed by atoms with E-state index >= 15 is 0 Å². The molecule has 15 heavy (non-hydrogen) atoms. The van der Waals surface area contributed by atoms with E-state index in [1.165, 1.54) is 24.0 Å². The Morgan fingerprint density at radius 2 is 2.07 bits per heavy atom. The predicted octanol–water partition coefficient (Wildman–Crippen LogP) is 4.30. The second kappa shape index (κ2) is 6.73. The molecule has 2 heteroatoms. The topological polar surface area (TPSA) is 9.23 Å². The zero-order chi connectivity index (χ0) is 11.1. The number of rotatable bonds is 6. The Kier molecular flexibility index (Phi) is 5.56. The van der Waals surface area contributed by atoms with Crippen LogP contribution in [0.2, 0.25) is 0 Å². The Bertz CT molecular complexity index is 297. The van der Waals surface area contributed by atoms with Gasteiger partial charge in [-0.3, -0.25) is 0 Å². The van der Waals surface area contributed by atoms with E-state index in [4.69, 9.17) is 16.3 Å². The van der Waals surface area contributed by atoms with Gasteiger partial charge in [-0.15, -0.1) is 11.6 Å². The summed E-state index contributed by atoms with van der Waals surface area (Å²) in [6, 6.07) is 6.10. The Morgan fingerprint density at radius 3 is 2.67 bits per heavy atom. The highest BCUT2D eigenvalue weighted by atomic mass is 35.5. The van der Waals surface area contributed by atoms with Gasteiger partial charge in [-0.25, -0.2) is 0 Å². The van der Waals surface area contributed by atoms with Crippen LogP contribution in [0.5, 0.6) is 5.75 Å². The van der Waals surface area contributed by atoms with E-state index in [0.717, 1.165) is 18.8 Å². The lowest BCUT2D eigenvalue weighted by atomic mass is 10.1. The van der Waals surface area contributed by atoms with Crippen LogP contribution in [-0.2, 0) is 5.88 Å². The minimum Gasteiger partial charge on any atom is -0.494 e. The summed E-state index contributed by atoms with van der Waals surface area (Å²) in [5.41, 5.74) is 2.38. The van der Waals surface area contributed by atoms with E-state index in [1.54, 1.807) is 0 Å². The summed E-state index contributed by atoms with van der Waals surface area (Å²) < 4.78 is 5.65. The zero-order valence-electron chi connectivity index (χ0n) is 9.55. The molecule has 0 saturated heterocycles. The first-order valence-electron chi connectivity index (χ1n) is 5.56. The predicted molar refractivity (Wildman–Crippen MR) is 65.8 cm³/mol. The molecule has 0 unspecified atom stereocenters. The summed E-state index contributed by atoms with van der Waals surface area (Å²) in [6.45, 7) is 5.07. The summed E-state index contributed by atoms with van der Waals surface area (Å²) in [5, 5.41) is 0. The Balaban J connectivity index is 2.45. The summed E-state index contributed by atoms with van der Waals surface area (Å²) >= 11 is 5.79. The van der Waals surface area contributed by atoms with Gasteiger partial charge in [0, 0.05) is 5.88 Å². The fraction of sp³-hybridized carbons (Fsp3) is 0.538. The van der Waals surface area contributed by atoms with Crippen molar-refractivity contribution < 1.29 is 4.74 Å². The van der Waals surface area contributed by atoms with Crippen molar-refractivity contribution >= 4 is 11.6 Å². The fourth-order valence-corrected chi connectivity index (χ4v) is 1.75. The van der Waals surface area contributed by atoms with Crippen LogP contribution in [0.15, 0.2) is 18.2 Å². The standard InChI is InChI=1S/C13H19ClO/c1-3-4-5-8-15-13-7-6-12(10-14)11(2)9-13/h6-7,9H,3-5,8,10H2,1-2H3. The van der Waals surface area contributed by atoms with Gasteiger partial charge in [-0.05, 0) is 36.6 Å². The maximum absolute atomic E-state index is 5.79. The highest BCUT2D eigenvalue weighted by molar-refractivity contribution is 6.17. The Hall–Kier alpha value is -0.690. The second-order valence-corrected chi connectivity index (χ2v) is 4.04. The van der Waals surface area contributed by atoms with Crippen molar-refractivity contribution in [2.75, 3.05) is 6.61 Å². The highest BCUT2D eigenvalue weighted by Crippen LogP contribution is 2.18. The van der Waals surface area contributed by atoms with Crippen molar-refractivity contribution in [2.45, 2.75) is 39.0 Å². The maximum Gasteiger partial charge on any atom is 0.119 e. The number of hydrogen-bond acceptors (Lipinski definition) is 1. The van der Waals surface area contributed by atoms with Gasteiger partial charge in [0.2, 0.25) is 0 Å². The normalized spacial score (nSPS) is 10.3. The van der Waals surface area contributed by atoms with Gasteiger partial charge in [-0.2, -0.15) is 0 Å². The maximum atomic E-state index is 5.79. The van der Waals surface area contributed by atoms with E-state index in [1.807, 2.05) is 12.1 Å². The van der Waals surface area contributed by atoms with Crippen molar-refractivity contribution in [1.29, 1.82) is 0 Å². The van der Waals surface area contributed by atoms with E-state index in [2.05, 4.69) is 19.9 Å². The average molecular weight is 227 g/mol. The molecule has 0 spiro atoms. The molecule has 1 aromatic carbocycles. The number of aryl methyl sites for hydroxylation is 1.